The molecule has 1 amide bonds. The zero-order valence-corrected chi connectivity index (χ0v) is 18.4. The lowest BCUT2D eigenvalue weighted by Gasteiger charge is -2.26. The van der Waals surface area contributed by atoms with Gasteiger partial charge in [0.1, 0.15) is 10.6 Å². The molecule has 0 saturated heterocycles. The number of hydrogen-bond donors (Lipinski definition) is 1. The molecule has 0 aromatic heterocycles. The molecule has 2 aromatic rings. The Kier molecular flexibility index (Phi) is 8.46. The van der Waals surface area contributed by atoms with Gasteiger partial charge in [-0.1, -0.05) is 78.5 Å². The van der Waals surface area contributed by atoms with Gasteiger partial charge in [-0.2, -0.15) is 0 Å². The minimum atomic E-state index is -0.471. The zero-order chi connectivity index (χ0) is 18.2. The summed E-state index contributed by atoms with van der Waals surface area (Å²) < 4.78 is 0.925. The SMILES string of the molecule is O=C(C(Br)c1cccc(Br)c1)N(CCCCCBr)c1ccccc1O. The Bertz CT molecular complexity index is 709. The normalized spacial score (nSPS) is 12.0. The largest absolute Gasteiger partial charge is 0.506 e. The molecule has 0 aliphatic rings. The molecule has 25 heavy (non-hydrogen) atoms. The molecule has 134 valence electrons. The van der Waals surface area contributed by atoms with Crippen LogP contribution in [0.25, 0.3) is 0 Å². The van der Waals surface area contributed by atoms with Gasteiger partial charge >= 0.3 is 0 Å². The number of hydrogen-bond acceptors (Lipinski definition) is 2. The van der Waals surface area contributed by atoms with Crippen LogP contribution in [0.4, 0.5) is 5.69 Å². The first-order valence-corrected chi connectivity index (χ1v) is 10.9. The number of unbranched alkanes of at least 4 members (excludes halogenated alkanes) is 2. The van der Waals surface area contributed by atoms with Gasteiger partial charge in [0, 0.05) is 16.3 Å². The highest BCUT2D eigenvalue weighted by molar-refractivity contribution is 9.10. The second-order valence-electron chi connectivity index (χ2n) is 5.65. The predicted octanol–water partition coefficient (Wildman–Crippen LogP) is 6.19. The number of phenols is 1. The van der Waals surface area contributed by atoms with Crippen LogP contribution >= 0.6 is 47.8 Å². The van der Waals surface area contributed by atoms with E-state index in [0.29, 0.717) is 12.2 Å². The number of anilines is 1. The summed E-state index contributed by atoms with van der Waals surface area (Å²) in [6, 6.07) is 14.6. The van der Waals surface area contributed by atoms with Crippen molar-refractivity contribution in [2.24, 2.45) is 0 Å². The molecule has 2 rings (SSSR count). The number of nitrogens with zero attached hydrogens (tertiary/aromatic N) is 1. The monoisotopic (exact) mass is 531 g/mol. The van der Waals surface area contributed by atoms with Crippen LogP contribution in [-0.4, -0.2) is 22.9 Å². The third-order valence-corrected chi connectivity index (χ3v) is 5.79. The van der Waals surface area contributed by atoms with Gasteiger partial charge in [0.2, 0.25) is 5.91 Å². The maximum absolute atomic E-state index is 13.1. The number of amides is 1. The lowest BCUT2D eigenvalue weighted by molar-refractivity contribution is -0.118. The molecule has 0 aliphatic heterocycles. The highest BCUT2D eigenvalue weighted by Gasteiger charge is 2.26. The van der Waals surface area contributed by atoms with E-state index >= 15 is 0 Å². The molecule has 0 heterocycles. The lowest BCUT2D eigenvalue weighted by Crippen LogP contribution is -2.34. The second kappa shape index (κ2) is 10.3. The highest BCUT2D eigenvalue weighted by Crippen LogP contribution is 2.33. The van der Waals surface area contributed by atoms with E-state index in [1.54, 1.807) is 23.1 Å². The number of alkyl halides is 2. The molecule has 0 saturated carbocycles. The summed E-state index contributed by atoms with van der Waals surface area (Å²) in [6.07, 6.45) is 2.96. The van der Waals surface area contributed by atoms with E-state index in [1.807, 2.05) is 30.3 Å². The Morgan fingerprint density at radius 3 is 2.52 bits per heavy atom. The van der Waals surface area contributed by atoms with Crippen molar-refractivity contribution in [3.05, 3.63) is 58.6 Å². The predicted molar refractivity (Wildman–Crippen MR) is 114 cm³/mol. The molecule has 0 aliphatic carbocycles. The first-order chi connectivity index (χ1) is 12.0. The van der Waals surface area contributed by atoms with Gasteiger partial charge in [0.05, 0.1) is 5.69 Å². The van der Waals surface area contributed by atoms with Crippen LogP contribution in [0.2, 0.25) is 0 Å². The zero-order valence-electron chi connectivity index (χ0n) is 13.7. The summed E-state index contributed by atoms with van der Waals surface area (Å²) in [5, 5.41) is 11.2. The number of benzene rings is 2. The van der Waals surface area contributed by atoms with E-state index in [9.17, 15) is 9.90 Å². The molecule has 0 spiro atoms. The average molecular weight is 534 g/mol. The summed E-state index contributed by atoms with van der Waals surface area (Å²) in [4.78, 5) is 14.3. The van der Waals surface area contributed by atoms with Crippen molar-refractivity contribution >= 4 is 59.4 Å². The van der Waals surface area contributed by atoms with Gasteiger partial charge in [0.15, 0.2) is 0 Å². The van der Waals surface area contributed by atoms with Gasteiger partial charge in [-0.15, -0.1) is 0 Å². The number of carbonyl (C=O) groups is 1. The van der Waals surface area contributed by atoms with Crippen molar-refractivity contribution in [1.29, 1.82) is 0 Å². The molecule has 0 bridgehead atoms. The second-order valence-corrected chi connectivity index (χ2v) is 8.27. The maximum Gasteiger partial charge on any atom is 0.245 e. The number of aromatic hydroxyl groups is 1. The van der Waals surface area contributed by atoms with Crippen LogP contribution in [0.15, 0.2) is 53.0 Å². The van der Waals surface area contributed by atoms with Crippen molar-refractivity contribution in [1.82, 2.24) is 0 Å². The summed E-state index contributed by atoms with van der Waals surface area (Å²) in [5.74, 6) is 0.0312. The molecule has 1 atom stereocenters. The Hall–Kier alpha value is -0.850. The fraction of sp³-hybridized carbons (Fsp3) is 0.316. The molecular weight excluding hydrogens is 514 g/mol. The van der Waals surface area contributed by atoms with Gasteiger partial charge in [-0.3, -0.25) is 4.79 Å². The van der Waals surface area contributed by atoms with Crippen molar-refractivity contribution in [3.63, 3.8) is 0 Å². The third-order valence-electron chi connectivity index (χ3n) is 3.81. The molecule has 0 fully saturated rings. The van der Waals surface area contributed by atoms with Crippen molar-refractivity contribution in [2.75, 3.05) is 16.8 Å². The summed E-state index contributed by atoms with van der Waals surface area (Å²) in [6.45, 7) is 0.569. The van der Waals surface area contributed by atoms with Gasteiger partial charge in [-0.25, -0.2) is 0 Å². The fourth-order valence-electron chi connectivity index (χ4n) is 2.53. The summed E-state index contributed by atoms with van der Waals surface area (Å²) in [7, 11) is 0. The molecule has 2 aromatic carbocycles. The highest BCUT2D eigenvalue weighted by atomic mass is 79.9. The third kappa shape index (κ3) is 5.83. The minimum Gasteiger partial charge on any atom is -0.506 e. The van der Waals surface area contributed by atoms with E-state index < -0.39 is 4.83 Å². The number of rotatable bonds is 8. The quantitative estimate of drug-likeness (QED) is 0.325. The van der Waals surface area contributed by atoms with Crippen LogP contribution in [0, 0.1) is 0 Å². The first kappa shape index (κ1) is 20.5. The molecule has 1 N–H and O–H groups in total. The van der Waals surface area contributed by atoms with E-state index in [4.69, 9.17) is 0 Å². The van der Waals surface area contributed by atoms with Crippen LogP contribution in [0.3, 0.4) is 0 Å². The molecule has 3 nitrogen and oxygen atoms in total. The van der Waals surface area contributed by atoms with E-state index in [0.717, 1.165) is 34.6 Å². The van der Waals surface area contributed by atoms with Crippen molar-refractivity contribution in [3.8, 4) is 5.75 Å². The number of para-hydroxylation sites is 2. The van der Waals surface area contributed by atoms with E-state index in [2.05, 4.69) is 47.8 Å². The molecule has 0 radical (unpaired) electrons. The Morgan fingerprint density at radius 2 is 1.84 bits per heavy atom. The first-order valence-electron chi connectivity index (χ1n) is 8.09. The lowest BCUT2D eigenvalue weighted by atomic mass is 10.1. The standard InChI is InChI=1S/C19H20Br3NO2/c20-11-4-1-5-12-23(16-9-2-3-10-17(16)24)19(25)18(22)14-7-6-8-15(21)13-14/h2-3,6-10,13,18,24H,1,4-5,11-12H2. The van der Waals surface area contributed by atoms with Crippen LogP contribution in [-0.2, 0) is 4.79 Å². The van der Waals surface area contributed by atoms with E-state index in [-0.39, 0.29) is 11.7 Å². The van der Waals surface area contributed by atoms with Crippen LogP contribution in [0.1, 0.15) is 29.7 Å². The Balaban J connectivity index is 2.24. The molecule has 1 unspecified atom stereocenters. The van der Waals surface area contributed by atoms with Crippen LogP contribution < -0.4 is 4.90 Å². The Labute approximate surface area is 173 Å². The number of carbonyl (C=O) groups excluding carboxylic acids is 1. The Morgan fingerprint density at radius 1 is 1.08 bits per heavy atom. The number of phenolic OH excluding ortho intramolecular Hbond substituents is 1. The van der Waals surface area contributed by atoms with Crippen molar-refractivity contribution in [2.45, 2.75) is 24.1 Å². The molecular formula is C19H20Br3NO2. The molecule has 6 heteroatoms. The topological polar surface area (TPSA) is 40.5 Å². The van der Waals surface area contributed by atoms with Crippen molar-refractivity contribution < 1.29 is 9.90 Å². The summed E-state index contributed by atoms with van der Waals surface area (Å²) >= 11 is 10.4. The average Bonchev–Trinajstić information content (AvgIpc) is 2.61. The van der Waals surface area contributed by atoms with Gasteiger partial charge < -0.3 is 10.0 Å². The van der Waals surface area contributed by atoms with Crippen LogP contribution in [0.5, 0.6) is 5.75 Å². The van der Waals surface area contributed by atoms with E-state index in [1.165, 1.54) is 0 Å². The number of halogens is 3. The summed E-state index contributed by atoms with van der Waals surface area (Å²) in [5.41, 5.74) is 1.42. The smallest absolute Gasteiger partial charge is 0.245 e. The fourth-order valence-corrected chi connectivity index (χ4v) is 3.87. The van der Waals surface area contributed by atoms with Gasteiger partial charge in [-0.05, 0) is 42.7 Å². The minimum absolute atomic E-state index is 0.0848. The maximum atomic E-state index is 13.1. The van der Waals surface area contributed by atoms with Gasteiger partial charge in [0.25, 0.3) is 0 Å².